The van der Waals surface area contributed by atoms with Crippen LogP contribution in [0.15, 0.2) is 42.5 Å². The number of methoxy groups -OCH3 is 1. The van der Waals surface area contributed by atoms with Gasteiger partial charge >= 0.3 is 0 Å². The van der Waals surface area contributed by atoms with E-state index in [4.69, 9.17) is 10.5 Å². The molecule has 0 saturated heterocycles. The quantitative estimate of drug-likeness (QED) is 0.847. The van der Waals surface area contributed by atoms with Gasteiger partial charge in [-0.15, -0.1) is 0 Å². The van der Waals surface area contributed by atoms with Crippen LogP contribution in [0.25, 0.3) is 0 Å². The first-order chi connectivity index (χ1) is 10.0. The third kappa shape index (κ3) is 3.45. The minimum atomic E-state index is -0.189. The summed E-state index contributed by atoms with van der Waals surface area (Å²) < 4.78 is 5.08. The van der Waals surface area contributed by atoms with Gasteiger partial charge in [-0.1, -0.05) is 0 Å². The molecule has 0 atom stereocenters. The van der Waals surface area contributed by atoms with Crippen molar-refractivity contribution in [2.24, 2.45) is 0 Å². The van der Waals surface area contributed by atoms with Crippen molar-refractivity contribution in [2.45, 2.75) is 0 Å². The summed E-state index contributed by atoms with van der Waals surface area (Å²) in [6.45, 7) is 0. The Morgan fingerprint density at radius 3 is 2.38 bits per heavy atom. The summed E-state index contributed by atoms with van der Waals surface area (Å²) in [5, 5.41) is 2.89. The van der Waals surface area contributed by atoms with Gasteiger partial charge in [0.25, 0.3) is 5.91 Å². The molecule has 5 nitrogen and oxygen atoms in total. The first-order valence-electron chi connectivity index (χ1n) is 6.53. The van der Waals surface area contributed by atoms with Gasteiger partial charge in [0.15, 0.2) is 0 Å². The molecule has 2 aromatic rings. The van der Waals surface area contributed by atoms with E-state index in [1.165, 1.54) is 0 Å². The molecule has 0 bridgehead atoms. The lowest BCUT2D eigenvalue weighted by Crippen LogP contribution is -2.17. The van der Waals surface area contributed by atoms with E-state index in [1.54, 1.807) is 43.5 Å². The van der Waals surface area contributed by atoms with Crippen LogP contribution < -0.4 is 20.7 Å². The molecule has 0 fully saturated rings. The number of anilines is 3. The second-order valence-electron chi connectivity index (χ2n) is 4.85. The molecule has 3 N–H and O–H groups in total. The summed E-state index contributed by atoms with van der Waals surface area (Å²) in [6.07, 6.45) is 0. The molecule has 0 aliphatic carbocycles. The maximum absolute atomic E-state index is 12.3. The maximum Gasteiger partial charge on any atom is 0.255 e. The summed E-state index contributed by atoms with van der Waals surface area (Å²) in [6, 6.07) is 12.4. The third-order valence-electron chi connectivity index (χ3n) is 3.10. The van der Waals surface area contributed by atoms with Crippen LogP contribution in [0.4, 0.5) is 17.1 Å². The monoisotopic (exact) mass is 285 g/mol. The number of carbonyl (C=O) groups is 1. The zero-order chi connectivity index (χ0) is 15.4. The molecule has 0 saturated carbocycles. The molecule has 0 unspecified atom stereocenters. The minimum Gasteiger partial charge on any atom is -0.497 e. The molecule has 0 radical (unpaired) electrons. The topological polar surface area (TPSA) is 67.6 Å². The van der Waals surface area contributed by atoms with Crippen LogP contribution in [0.2, 0.25) is 0 Å². The molecule has 0 aliphatic rings. The average Bonchev–Trinajstić information content (AvgIpc) is 2.47. The van der Waals surface area contributed by atoms with E-state index in [-0.39, 0.29) is 5.91 Å². The molecule has 0 heterocycles. The Kier molecular flexibility index (Phi) is 4.33. The molecule has 2 rings (SSSR count). The number of nitrogens with one attached hydrogen (secondary N) is 1. The fraction of sp³-hybridized carbons (Fsp3) is 0.188. The van der Waals surface area contributed by atoms with E-state index in [0.717, 1.165) is 5.69 Å². The summed E-state index contributed by atoms with van der Waals surface area (Å²) in [7, 11) is 5.41. The Morgan fingerprint density at radius 1 is 1.14 bits per heavy atom. The molecule has 0 aliphatic heterocycles. The number of nitrogens with zero attached hydrogens (tertiary/aromatic N) is 1. The summed E-state index contributed by atoms with van der Waals surface area (Å²) in [5.41, 5.74) is 8.53. The Balaban J connectivity index is 2.24. The second-order valence-corrected chi connectivity index (χ2v) is 4.85. The van der Waals surface area contributed by atoms with Gasteiger partial charge in [0.05, 0.1) is 18.5 Å². The number of hydrogen-bond donors (Lipinski definition) is 2. The van der Waals surface area contributed by atoms with Crippen molar-refractivity contribution < 1.29 is 9.53 Å². The SMILES string of the molecule is COc1ccc(C(=O)Nc2cc(N)ccc2N(C)C)cc1. The van der Waals surface area contributed by atoms with Crippen molar-refractivity contribution in [1.29, 1.82) is 0 Å². The first-order valence-corrected chi connectivity index (χ1v) is 6.53. The van der Waals surface area contributed by atoms with Gasteiger partial charge in [-0.2, -0.15) is 0 Å². The highest BCUT2D eigenvalue weighted by molar-refractivity contribution is 6.06. The van der Waals surface area contributed by atoms with Gasteiger partial charge in [0.2, 0.25) is 0 Å². The molecule has 21 heavy (non-hydrogen) atoms. The van der Waals surface area contributed by atoms with Crippen LogP contribution in [-0.2, 0) is 0 Å². The van der Waals surface area contributed by atoms with Crippen LogP contribution in [0.3, 0.4) is 0 Å². The van der Waals surface area contributed by atoms with Gasteiger partial charge in [0.1, 0.15) is 5.75 Å². The van der Waals surface area contributed by atoms with Crippen molar-refractivity contribution in [2.75, 3.05) is 37.2 Å². The normalized spacial score (nSPS) is 10.0. The molecule has 0 aromatic heterocycles. The average molecular weight is 285 g/mol. The lowest BCUT2D eigenvalue weighted by atomic mass is 10.2. The molecular formula is C16H19N3O2. The lowest BCUT2D eigenvalue weighted by molar-refractivity contribution is 0.102. The number of hydrogen-bond acceptors (Lipinski definition) is 4. The van der Waals surface area contributed by atoms with Gasteiger partial charge < -0.3 is 20.7 Å². The lowest BCUT2D eigenvalue weighted by Gasteiger charge is -2.18. The third-order valence-corrected chi connectivity index (χ3v) is 3.10. The van der Waals surface area contributed by atoms with Crippen molar-refractivity contribution in [3.8, 4) is 5.75 Å². The summed E-state index contributed by atoms with van der Waals surface area (Å²) >= 11 is 0. The van der Waals surface area contributed by atoms with Gasteiger partial charge in [0, 0.05) is 25.3 Å². The first kappa shape index (κ1) is 14.7. The van der Waals surface area contributed by atoms with Crippen LogP contribution >= 0.6 is 0 Å². The van der Waals surface area contributed by atoms with E-state index < -0.39 is 0 Å². The smallest absolute Gasteiger partial charge is 0.255 e. The maximum atomic E-state index is 12.3. The van der Waals surface area contributed by atoms with Crippen molar-refractivity contribution >= 4 is 23.0 Å². The largest absolute Gasteiger partial charge is 0.497 e. The number of nitrogen functional groups attached to an aromatic ring is 1. The summed E-state index contributed by atoms with van der Waals surface area (Å²) in [4.78, 5) is 14.2. The van der Waals surface area contributed by atoms with Crippen LogP contribution in [0.5, 0.6) is 5.75 Å². The molecular weight excluding hydrogens is 266 g/mol. The van der Waals surface area contributed by atoms with Crippen LogP contribution in [0.1, 0.15) is 10.4 Å². The van der Waals surface area contributed by atoms with Crippen molar-refractivity contribution in [1.82, 2.24) is 0 Å². The number of rotatable bonds is 4. The van der Waals surface area contributed by atoms with Gasteiger partial charge in [-0.05, 0) is 42.5 Å². The zero-order valence-corrected chi connectivity index (χ0v) is 12.4. The molecule has 2 aromatic carbocycles. The van der Waals surface area contributed by atoms with E-state index in [1.807, 2.05) is 25.1 Å². The van der Waals surface area contributed by atoms with E-state index in [0.29, 0.717) is 22.7 Å². The minimum absolute atomic E-state index is 0.189. The number of benzene rings is 2. The standard InChI is InChI=1S/C16H19N3O2/c1-19(2)15-9-6-12(17)10-14(15)18-16(20)11-4-7-13(21-3)8-5-11/h4-10H,17H2,1-3H3,(H,18,20). The molecule has 1 amide bonds. The Hall–Kier alpha value is -2.69. The molecule has 5 heteroatoms. The predicted molar refractivity (Wildman–Crippen MR) is 86.1 cm³/mol. The van der Waals surface area contributed by atoms with Crippen LogP contribution in [-0.4, -0.2) is 27.1 Å². The van der Waals surface area contributed by atoms with E-state index in [2.05, 4.69) is 5.32 Å². The van der Waals surface area contributed by atoms with Crippen molar-refractivity contribution in [3.63, 3.8) is 0 Å². The fourth-order valence-electron chi connectivity index (χ4n) is 1.98. The predicted octanol–water partition coefficient (Wildman–Crippen LogP) is 2.60. The van der Waals surface area contributed by atoms with Crippen molar-refractivity contribution in [3.05, 3.63) is 48.0 Å². The number of ether oxygens (including phenoxy) is 1. The zero-order valence-electron chi connectivity index (χ0n) is 12.4. The fourth-order valence-corrected chi connectivity index (χ4v) is 1.98. The van der Waals surface area contributed by atoms with E-state index in [9.17, 15) is 4.79 Å². The Bertz CT molecular complexity index is 636. The van der Waals surface area contributed by atoms with Gasteiger partial charge in [-0.3, -0.25) is 4.79 Å². The number of carbonyl (C=O) groups excluding carboxylic acids is 1. The highest BCUT2D eigenvalue weighted by Crippen LogP contribution is 2.27. The van der Waals surface area contributed by atoms with Crippen LogP contribution in [0, 0.1) is 0 Å². The molecule has 110 valence electrons. The highest BCUT2D eigenvalue weighted by Gasteiger charge is 2.11. The second kappa shape index (κ2) is 6.17. The molecule has 0 spiro atoms. The highest BCUT2D eigenvalue weighted by atomic mass is 16.5. The summed E-state index contributed by atoms with van der Waals surface area (Å²) in [5.74, 6) is 0.524. The number of nitrogens with two attached hydrogens (primary N) is 1. The number of amides is 1. The Morgan fingerprint density at radius 2 is 1.81 bits per heavy atom. The van der Waals surface area contributed by atoms with E-state index >= 15 is 0 Å². The van der Waals surface area contributed by atoms with Gasteiger partial charge in [-0.25, -0.2) is 0 Å². The Labute approximate surface area is 124 Å².